The van der Waals surface area contributed by atoms with Crippen molar-refractivity contribution in [1.29, 1.82) is 0 Å². The summed E-state index contributed by atoms with van der Waals surface area (Å²) in [5.74, 6) is 0.317. The highest BCUT2D eigenvalue weighted by atomic mass is 19.1. The molecule has 3 nitrogen and oxygen atoms in total. The van der Waals surface area contributed by atoms with Crippen LogP contribution in [0.5, 0.6) is 0 Å². The van der Waals surface area contributed by atoms with Gasteiger partial charge in [0.2, 0.25) is 0 Å². The molecule has 0 aromatic carbocycles. The largest absolute Gasteiger partial charge is 0.402 e. The lowest BCUT2D eigenvalue weighted by atomic mass is 10.1. The Bertz CT molecular complexity index is 366. The lowest BCUT2D eigenvalue weighted by Gasteiger charge is -2.03. The zero-order valence-corrected chi connectivity index (χ0v) is 8.81. The van der Waals surface area contributed by atoms with Crippen molar-refractivity contribution in [1.82, 2.24) is 4.98 Å². The first-order chi connectivity index (χ1) is 7.13. The Morgan fingerprint density at radius 2 is 2.27 bits per heavy atom. The number of nitrogens with two attached hydrogens (primary N) is 1. The molecule has 0 saturated heterocycles. The molecule has 0 aliphatic carbocycles. The van der Waals surface area contributed by atoms with Gasteiger partial charge in [-0.1, -0.05) is 19.9 Å². The van der Waals surface area contributed by atoms with Crippen LogP contribution in [0.15, 0.2) is 35.3 Å². The number of allylic oxidation sites excluding steroid dienone is 1. The molecule has 0 bridgehead atoms. The molecule has 0 fully saturated rings. The molecule has 80 valence electrons. The van der Waals surface area contributed by atoms with E-state index in [1.807, 2.05) is 6.07 Å². The first-order valence-electron chi connectivity index (χ1n) is 4.71. The summed E-state index contributed by atoms with van der Waals surface area (Å²) in [5, 5.41) is 0. The van der Waals surface area contributed by atoms with Gasteiger partial charge in [-0.05, 0) is 17.5 Å². The minimum Gasteiger partial charge on any atom is -0.402 e. The minimum absolute atomic E-state index is 0.427. The highest BCUT2D eigenvalue weighted by molar-refractivity contribution is 5.77. The van der Waals surface area contributed by atoms with Crippen molar-refractivity contribution < 1.29 is 4.39 Å². The van der Waals surface area contributed by atoms with Gasteiger partial charge in [0.05, 0.1) is 6.21 Å². The van der Waals surface area contributed by atoms with Crippen molar-refractivity contribution in [2.75, 3.05) is 0 Å². The molecule has 2 N–H and O–H groups in total. The number of pyridine rings is 1. The summed E-state index contributed by atoms with van der Waals surface area (Å²) in [6.07, 6.45) is 3.63. The number of hydrogen-bond donors (Lipinski definition) is 1. The van der Waals surface area contributed by atoms with E-state index in [9.17, 15) is 4.39 Å². The zero-order chi connectivity index (χ0) is 11.3. The van der Waals surface area contributed by atoms with E-state index >= 15 is 0 Å². The van der Waals surface area contributed by atoms with Crippen LogP contribution in [0, 0.1) is 0 Å². The van der Waals surface area contributed by atoms with Crippen molar-refractivity contribution >= 4 is 12.0 Å². The van der Waals surface area contributed by atoms with Crippen LogP contribution < -0.4 is 5.73 Å². The van der Waals surface area contributed by atoms with Crippen LogP contribution in [-0.4, -0.2) is 11.2 Å². The molecule has 1 heterocycles. The van der Waals surface area contributed by atoms with E-state index in [0.717, 1.165) is 18.0 Å². The highest BCUT2D eigenvalue weighted by Gasteiger charge is 1.98. The van der Waals surface area contributed by atoms with Gasteiger partial charge in [0.25, 0.3) is 0 Å². The van der Waals surface area contributed by atoms with Crippen LogP contribution in [0.25, 0.3) is 0 Å². The number of hydrogen-bond acceptors (Lipinski definition) is 3. The SMILES string of the molecule is CC(C)c1ccc(N=CC(F)=CN)nc1. The van der Waals surface area contributed by atoms with E-state index < -0.39 is 5.83 Å². The van der Waals surface area contributed by atoms with Crippen molar-refractivity contribution in [2.24, 2.45) is 10.7 Å². The van der Waals surface area contributed by atoms with Crippen LogP contribution in [0.2, 0.25) is 0 Å². The maximum Gasteiger partial charge on any atom is 0.156 e. The first kappa shape index (κ1) is 11.4. The molecule has 0 aliphatic rings. The maximum absolute atomic E-state index is 12.6. The Morgan fingerprint density at radius 3 is 2.73 bits per heavy atom. The maximum atomic E-state index is 12.6. The van der Waals surface area contributed by atoms with E-state index in [2.05, 4.69) is 23.8 Å². The summed E-state index contributed by atoms with van der Waals surface area (Å²) in [5.41, 5.74) is 6.08. The van der Waals surface area contributed by atoms with E-state index in [1.165, 1.54) is 0 Å². The van der Waals surface area contributed by atoms with Gasteiger partial charge in [-0.2, -0.15) is 0 Å². The Hall–Kier alpha value is -1.71. The van der Waals surface area contributed by atoms with Crippen molar-refractivity contribution in [3.63, 3.8) is 0 Å². The summed E-state index contributed by atoms with van der Waals surface area (Å²) in [7, 11) is 0. The standard InChI is InChI=1S/C11H14FN3/c1-8(2)9-3-4-11(14-6-9)15-7-10(12)5-13/h3-8H,13H2,1-2H3. The third kappa shape index (κ3) is 3.50. The second kappa shape index (κ2) is 5.24. The minimum atomic E-state index is -0.579. The predicted molar refractivity (Wildman–Crippen MR) is 59.9 cm³/mol. The molecule has 0 unspecified atom stereocenters. The van der Waals surface area contributed by atoms with Gasteiger partial charge in [0, 0.05) is 12.4 Å². The fourth-order valence-electron chi connectivity index (χ4n) is 0.986. The number of halogens is 1. The second-order valence-corrected chi connectivity index (χ2v) is 3.41. The average Bonchev–Trinajstić information content (AvgIpc) is 2.26. The van der Waals surface area contributed by atoms with Gasteiger partial charge in [0.1, 0.15) is 0 Å². The molecule has 1 aromatic heterocycles. The molecule has 0 amide bonds. The fourth-order valence-corrected chi connectivity index (χ4v) is 0.986. The molecule has 1 aromatic rings. The number of rotatable bonds is 3. The Kier molecular flexibility index (Phi) is 3.97. The molecular formula is C11H14FN3. The van der Waals surface area contributed by atoms with Crippen molar-refractivity contribution in [3.05, 3.63) is 35.9 Å². The van der Waals surface area contributed by atoms with E-state index in [1.54, 1.807) is 12.3 Å². The summed E-state index contributed by atoms with van der Waals surface area (Å²) < 4.78 is 12.6. The summed E-state index contributed by atoms with van der Waals surface area (Å²) in [4.78, 5) is 7.89. The van der Waals surface area contributed by atoms with Gasteiger partial charge >= 0.3 is 0 Å². The van der Waals surface area contributed by atoms with Gasteiger partial charge in [-0.3, -0.25) is 0 Å². The summed E-state index contributed by atoms with van der Waals surface area (Å²) in [6, 6.07) is 3.67. The Balaban J connectivity index is 2.77. The van der Waals surface area contributed by atoms with E-state index in [4.69, 9.17) is 5.73 Å². The number of aliphatic imine (C=N–C) groups is 1. The fraction of sp³-hybridized carbons (Fsp3) is 0.273. The normalized spacial score (nSPS) is 12.7. The molecule has 0 aliphatic heterocycles. The van der Waals surface area contributed by atoms with E-state index in [0.29, 0.717) is 11.7 Å². The molecule has 0 atom stereocenters. The molecular weight excluding hydrogens is 193 g/mol. The molecule has 4 heteroatoms. The quantitative estimate of drug-likeness (QED) is 0.775. The topological polar surface area (TPSA) is 51.3 Å². The zero-order valence-electron chi connectivity index (χ0n) is 8.81. The van der Waals surface area contributed by atoms with Crippen LogP contribution in [0.3, 0.4) is 0 Å². The number of aromatic nitrogens is 1. The average molecular weight is 207 g/mol. The lowest BCUT2D eigenvalue weighted by Crippen LogP contribution is -1.88. The molecule has 15 heavy (non-hydrogen) atoms. The van der Waals surface area contributed by atoms with E-state index in [-0.39, 0.29) is 0 Å². The molecule has 0 spiro atoms. The second-order valence-electron chi connectivity index (χ2n) is 3.41. The Morgan fingerprint density at radius 1 is 1.53 bits per heavy atom. The third-order valence-corrected chi connectivity index (χ3v) is 1.92. The summed E-state index contributed by atoms with van der Waals surface area (Å²) >= 11 is 0. The first-order valence-corrected chi connectivity index (χ1v) is 4.71. The van der Waals surface area contributed by atoms with Crippen LogP contribution >= 0.6 is 0 Å². The number of nitrogens with zero attached hydrogens (tertiary/aromatic N) is 2. The molecule has 0 saturated carbocycles. The summed E-state index contributed by atoms with van der Waals surface area (Å²) in [6.45, 7) is 4.16. The van der Waals surface area contributed by atoms with Crippen LogP contribution in [0.1, 0.15) is 25.3 Å². The third-order valence-electron chi connectivity index (χ3n) is 1.92. The molecule has 0 radical (unpaired) electrons. The molecule has 1 rings (SSSR count). The van der Waals surface area contributed by atoms with Gasteiger partial charge in [-0.25, -0.2) is 14.4 Å². The smallest absolute Gasteiger partial charge is 0.156 e. The monoisotopic (exact) mass is 207 g/mol. The van der Waals surface area contributed by atoms with Crippen LogP contribution in [0.4, 0.5) is 10.2 Å². The van der Waals surface area contributed by atoms with Crippen molar-refractivity contribution in [2.45, 2.75) is 19.8 Å². The predicted octanol–water partition coefficient (Wildman–Crippen LogP) is 2.68. The highest BCUT2D eigenvalue weighted by Crippen LogP contribution is 2.15. The Labute approximate surface area is 88.6 Å². The lowest BCUT2D eigenvalue weighted by molar-refractivity contribution is 0.683. The van der Waals surface area contributed by atoms with Gasteiger partial charge in [-0.15, -0.1) is 0 Å². The van der Waals surface area contributed by atoms with Crippen LogP contribution in [-0.2, 0) is 0 Å². The van der Waals surface area contributed by atoms with Gasteiger partial charge < -0.3 is 5.73 Å². The van der Waals surface area contributed by atoms with Gasteiger partial charge in [0.15, 0.2) is 11.6 Å². The van der Waals surface area contributed by atoms with Crippen molar-refractivity contribution in [3.8, 4) is 0 Å².